The molecule has 1 aliphatic rings. The molecule has 0 atom stereocenters. The zero-order valence-corrected chi connectivity index (χ0v) is 13.6. The number of benzene rings is 1. The van der Waals surface area contributed by atoms with Gasteiger partial charge in [-0.25, -0.2) is 4.98 Å². The van der Waals surface area contributed by atoms with Crippen LogP contribution in [0.5, 0.6) is 0 Å². The molecular weight excluding hydrogens is 340 g/mol. The fourth-order valence-electron chi connectivity index (χ4n) is 2.27. The van der Waals surface area contributed by atoms with E-state index in [0.717, 1.165) is 14.0 Å². The van der Waals surface area contributed by atoms with E-state index < -0.39 is 6.55 Å². The number of imidazole rings is 1. The Hall–Kier alpha value is -1.74. The molecule has 1 fully saturated rings. The average Bonchev–Trinajstić information content (AvgIpc) is 3.10. The molecule has 23 heavy (non-hydrogen) atoms. The molecule has 1 aliphatic carbocycles. The number of nitrogens with one attached hydrogen (secondary N) is 1. The summed E-state index contributed by atoms with van der Waals surface area (Å²) >= 11 is 2.82. The van der Waals surface area contributed by atoms with Gasteiger partial charge < -0.3 is 5.32 Å². The summed E-state index contributed by atoms with van der Waals surface area (Å²) in [5.74, 6) is 0.676. The van der Waals surface area contributed by atoms with Crippen LogP contribution < -0.4 is 5.32 Å². The van der Waals surface area contributed by atoms with Gasteiger partial charge in [-0.3, -0.25) is 4.57 Å². The first kappa shape index (κ1) is 14.8. The molecule has 2 aromatic heterocycles. The smallest absolute Gasteiger partial charge is 0.320 e. The Morgan fingerprint density at radius 2 is 2.13 bits per heavy atom. The first-order chi connectivity index (χ1) is 11.2. The third-order valence-corrected chi connectivity index (χ3v) is 5.48. The molecule has 0 amide bonds. The first-order valence-electron chi connectivity index (χ1n) is 7.17. The minimum absolute atomic E-state index is 0.330. The van der Waals surface area contributed by atoms with Crippen molar-refractivity contribution in [2.24, 2.45) is 0 Å². The van der Waals surface area contributed by atoms with Crippen LogP contribution >= 0.6 is 23.1 Å². The van der Waals surface area contributed by atoms with E-state index in [9.17, 15) is 8.78 Å². The topological polar surface area (TPSA) is 55.6 Å². The predicted molar refractivity (Wildman–Crippen MR) is 87.1 cm³/mol. The maximum absolute atomic E-state index is 13.3. The van der Waals surface area contributed by atoms with Crippen LogP contribution in [0.15, 0.2) is 28.6 Å². The van der Waals surface area contributed by atoms with E-state index in [-0.39, 0.29) is 0 Å². The third kappa shape index (κ3) is 3.16. The zero-order chi connectivity index (χ0) is 15.8. The molecule has 0 saturated heterocycles. The highest BCUT2D eigenvalue weighted by atomic mass is 32.2. The molecule has 0 bridgehead atoms. The van der Waals surface area contributed by atoms with E-state index in [0.29, 0.717) is 28.7 Å². The summed E-state index contributed by atoms with van der Waals surface area (Å²) < 4.78 is 28.4. The van der Waals surface area contributed by atoms with Crippen LogP contribution in [0.1, 0.15) is 25.2 Å². The third-order valence-electron chi connectivity index (χ3n) is 3.50. The summed E-state index contributed by atoms with van der Waals surface area (Å²) in [6.07, 6.45) is 2.33. The molecule has 9 heteroatoms. The second-order valence-electron chi connectivity index (χ2n) is 5.24. The predicted octanol–water partition coefficient (Wildman–Crippen LogP) is 4.15. The van der Waals surface area contributed by atoms with E-state index in [4.69, 9.17) is 0 Å². The largest absolute Gasteiger partial charge is 0.357 e. The van der Waals surface area contributed by atoms with E-state index in [1.807, 2.05) is 0 Å². The van der Waals surface area contributed by atoms with Gasteiger partial charge in [0.15, 0.2) is 4.34 Å². The van der Waals surface area contributed by atoms with E-state index in [2.05, 4.69) is 20.5 Å². The van der Waals surface area contributed by atoms with Crippen molar-refractivity contribution < 1.29 is 8.78 Å². The van der Waals surface area contributed by atoms with Crippen molar-refractivity contribution in [2.45, 2.75) is 35.5 Å². The SMILES string of the molecule is FC(F)n1c(CSc2nnc(NC3CC3)s2)nc2ccccc21. The Kier molecular flexibility index (Phi) is 3.90. The number of fused-ring (bicyclic) bond motifs is 1. The van der Waals surface area contributed by atoms with E-state index in [1.54, 1.807) is 24.3 Å². The van der Waals surface area contributed by atoms with Crippen LogP contribution in [0.4, 0.5) is 13.9 Å². The Balaban J connectivity index is 1.52. The van der Waals surface area contributed by atoms with Gasteiger partial charge in [-0.1, -0.05) is 35.2 Å². The van der Waals surface area contributed by atoms with Crippen LogP contribution in [0.25, 0.3) is 11.0 Å². The summed E-state index contributed by atoms with van der Waals surface area (Å²) in [5.41, 5.74) is 1.03. The molecule has 1 aromatic carbocycles. The molecule has 5 nitrogen and oxygen atoms in total. The van der Waals surface area contributed by atoms with Gasteiger partial charge in [0, 0.05) is 6.04 Å². The Bertz CT molecular complexity index is 828. The van der Waals surface area contributed by atoms with Crippen molar-refractivity contribution in [2.75, 3.05) is 5.32 Å². The van der Waals surface area contributed by atoms with Crippen molar-refractivity contribution in [1.82, 2.24) is 19.7 Å². The Morgan fingerprint density at radius 3 is 2.91 bits per heavy atom. The second-order valence-corrected chi connectivity index (χ2v) is 7.44. The van der Waals surface area contributed by atoms with Crippen molar-refractivity contribution in [3.05, 3.63) is 30.1 Å². The average molecular weight is 353 g/mol. The second kappa shape index (κ2) is 6.04. The highest BCUT2D eigenvalue weighted by Gasteiger charge is 2.23. The van der Waals surface area contributed by atoms with Gasteiger partial charge in [-0.05, 0) is 25.0 Å². The maximum Gasteiger partial charge on any atom is 0.320 e. The van der Waals surface area contributed by atoms with Gasteiger partial charge in [-0.2, -0.15) is 8.78 Å². The number of rotatable bonds is 6. The highest BCUT2D eigenvalue weighted by molar-refractivity contribution is 8.00. The lowest BCUT2D eigenvalue weighted by Crippen LogP contribution is -2.03. The molecule has 1 saturated carbocycles. The lowest BCUT2D eigenvalue weighted by Gasteiger charge is -2.06. The number of aromatic nitrogens is 4. The van der Waals surface area contributed by atoms with Gasteiger partial charge in [0.1, 0.15) is 5.82 Å². The van der Waals surface area contributed by atoms with Gasteiger partial charge >= 0.3 is 6.55 Å². The normalized spacial score (nSPS) is 14.7. The molecule has 0 unspecified atom stereocenters. The minimum Gasteiger partial charge on any atom is -0.357 e. The van der Waals surface area contributed by atoms with Crippen LogP contribution in [-0.4, -0.2) is 25.8 Å². The molecule has 0 aliphatic heterocycles. The number of halogens is 2. The van der Waals surface area contributed by atoms with Crippen molar-refractivity contribution in [3.8, 4) is 0 Å². The molecule has 0 radical (unpaired) electrons. The Morgan fingerprint density at radius 1 is 1.30 bits per heavy atom. The van der Waals surface area contributed by atoms with Crippen LogP contribution in [0.3, 0.4) is 0 Å². The van der Waals surface area contributed by atoms with Crippen molar-refractivity contribution >= 4 is 39.3 Å². The zero-order valence-electron chi connectivity index (χ0n) is 11.9. The summed E-state index contributed by atoms with van der Waals surface area (Å²) in [6.45, 7) is -2.61. The molecule has 3 aromatic rings. The van der Waals surface area contributed by atoms with Gasteiger partial charge in [0.05, 0.1) is 16.8 Å². The molecule has 0 spiro atoms. The summed E-state index contributed by atoms with van der Waals surface area (Å²) in [5, 5.41) is 12.2. The molecular formula is C14H13F2N5S2. The highest BCUT2D eigenvalue weighted by Crippen LogP contribution is 2.33. The number of anilines is 1. The lowest BCUT2D eigenvalue weighted by atomic mass is 10.3. The number of para-hydroxylation sites is 2. The number of hydrogen-bond acceptors (Lipinski definition) is 6. The standard InChI is InChI=1S/C14H13F2N5S2/c15-12(16)21-10-4-2-1-3-9(10)18-11(21)7-22-14-20-19-13(23-14)17-8-5-6-8/h1-4,8,12H,5-7H2,(H,17,19). The van der Waals surface area contributed by atoms with Gasteiger partial charge in [-0.15, -0.1) is 10.2 Å². The molecule has 1 N–H and O–H groups in total. The lowest BCUT2D eigenvalue weighted by molar-refractivity contribution is 0.0722. The Labute approximate surface area is 139 Å². The number of nitrogens with zero attached hydrogens (tertiary/aromatic N) is 4. The van der Waals surface area contributed by atoms with Crippen molar-refractivity contribution in [1.29, 1.82) is 0 Å². The van der Waals surface area contributed by atoms with E-state index in [1.165, 1.54) is 35.9 Å². The maximum atomic E-state index is 13.3. The number of hydrogen-bond donors (Lipinski definition) is 1. The van der Waals surface area contributed by atoms with Crippen LogP contribution in [0.2, 0.25) is 0 Å². The van der Waals surface area contributed by atoms with Gasteiger partial charge in [0.2, 0.25) is 5.13 Å². The molecule has 2 heterocycles. The van der Waals surface area contributed by atoms with Crippen LogP contribution in [-0.2, 0) is 5.75 Å². The summed E-state index contributed by atoms with van der Waals surface area (Å²) in [7, 11) is 0. The first-order valence-corrected chi connectivity index (χ1v) is 8.98. The number of alkyl halides is 2. The quantitative estimate of drug-likeness (QED) is 0.675. The fraction of sp³-hybridized carbons (Fsp3) is 0.357. The van der Waals surface area contributed by atoms with Gasteiger partial charge in [0.25, 0.3) is 0 Å². The number of thioether (sulfide) groups is 1. The minimum atomic E-state index is -2.61. The summed E-state index contributed by atoms with van der Waals surface area (Å²) in [4.78, 5) is 4.32. The molecule has 4 rings (SSSR count). The molecule has 120 valence electrons. The monoisotopic (exact) mass is 353 g/mol. The van der Waals surface area contributed by atoms with E-state index >= 15 is 0 Å². The van der Waals surface area contributed by atoms with Crippen molar-refractivity contribution in [3.63, 3.8) is 0 Å². The van der Waals surface area contributed by atoms with Crippen LogP contribution in [0, 0.1) is 0 Å². The summed E-state index contributed by atoms with van der Waals surface area (Å²) in [6, 6.07) is 7.45. The fourth-order valence-corrected chi connectivity index (χ4v) is 4.03.